The molecule has 0 radical (unpaired) electrons. The molecule has 3 nitrogen and oxygen atoms in total. The van der Waals surface area contributed by atoms with Crippen LogP contribution in [0.5, 0.6) is 0 Å². The van der Waals surface area contributed by atoms with Crippen molar-refractivity contribution in [2.24, 2.45) is 5.73 Å². The summed E-state index contributed by atoms with van der Waals surface area (Å²) >= 11 is 0. The summed E-state index contributed by atoms with van der Waals surface area (Å²) in [5.41, 5.74) is 10.0. The molecule has 2 rings (SSSR count). The molecule has 100 valence electrons. The maximum Gasteiger partial charge on any atom is 0.0432 e. The van der Waals surface area contributed by atoms with Crippen molar-refractivity contribution < 1.29 is 0 Å². The number of benzene rings is 1. The van der Waals surface area contributed by atoms with E-state index in [1.807, 2.05) is 0 Å². The average molecular weight is 247 g/mol. The molecule has 3 N–H and O–H groups in total. The maximum atomic E-state index is 5.79. The van der Waals surface area contributed by atoms with Gasteiger partial charge in [-0.3, -0.25) is 0 Å². The summed E-state index contributed by atoms with van der Waals surface area (Å²) in [6.45, 7) is 10.6. The number of nitrogens with one attached hydrogen (secondary N) is 1. The standard InChI is InChI=1S/C15H25N3/c1-11(2)14-6-4-5-12(3)15(14)18-8-7-17-13(9-16)10-18/h4-6,11,13,17H,7-10,16H2,1-3H3. The smallest absolute Gasteiger partial charge is 0.0432 e. The van der Waals surface area contributed by atoms with Gasteiger partial charge in [0.15, 0.2) is 0 Å². The third-order valence-electron chi connectivity index (χ3n) is 3.75. The maximum absolute atomic E-state index is 5.79. The molecule has 1 aromatic carbocycles. The summed E-state index contributed by atoms with van der Waals surface area (Å²) in [6.07, 6.45) is 0. The van der Waals surface area contributed by atoms with Gasteiger partial charge in [-0.05, 0) is 24.0 Å². The zero-order valence-electron chi connectivity index (χ0n) is 11.7. The second-order valence-electron chi connectivity index (χ2n) is 5.50. The quantitative estimate of drug-likeness (QED) is 0.856. The number of hydrogen-bond acceptors (Lipinski definition) is 3. The number of anilines is 1. The minimum Gasteiger partial charge on any atom is -0.368 e. The molecule has 1 aliphatic heterocycles. The van der Waals surface area contributed by atoms with Gasteiger partial charge in [0, 0.05) is 37.9 Å². The number of nitrogens with two attached hydrogens (primary N) is 1. The number of nitrogens with zero attached hydrogens (tertiary/aromatic N) is 1. The lowest BCUT2D eigenvalue weighted by molar-refractivity contribution is 0.462. The van der Waals surface area contributed by atoms with Gasteiger partial charge in [-0.2, -0.15) is 0 Å². The molecule has 1 fully saturated rings. The van der Waals surface area contributed by atoms with Crippen molar-refractivity contribution in [3.8, 4) is 0 Å². The molecule has 1 saturated heterocycles. The Morgan fingerprint density at radius 1 is 1.44 bits per heavy atom. The first kappa shape index (κ1) is 13.4. The normalized spacial score (nSPS) is 20.5. The van der Waals surface area contributed by atoms with Gasteiger partial charge >= 0.3 is 0 Å². The van der Waals surface area contributed by atoms with E-state index in [0.717, 1.165) is 19.6 Å². The second kappa shape index (κ2) is 5.72. The first-order valence-corrected chi connectivity index (χ1v) is 6.91. The number of piperazine rings is 1. The van der Waals surface area contributed by atoms with E-state index in [0.29, 0.717) is 18.5 Å². The SMILES string of the molecule is Cc1cccc(C(C)C)c1N1CCNC(CN)C1. The van der Waals surface area contributed by atoms with E-state index in [-0.39, 0.29) is 0 Å². The number of aryl methyl sites for hydroxylation is 1. The van der Waals surface area contributed by atoms with Crippen molar-refractivity contribution in [1.29, 1.82) is 0 Å². The van der Waals surface area contributed by atoms with Crippen LogP contribution in [-0.4, -0.2) is 32.2 Å². The number of para-hydroxylation sites is 1. The molecule has 0 amide bonds. The topological polar surface area (TPSA) is 41.3 Å². The summed E-state index contributed by atoms with van der Waals surface area (Å²) < 4.78 is 0. The van der Waals surface area contributed by atoms with Crippen LogP contribution in [0.3, 0.4) is 0 Å². The molecule has 18 heavy (non-hydrogen) atoms. The van der Waals surface area contributed by atoms with Crippen LogP contribution < -0.4 is 16.0 Å². The van der Waals surface area contributed by atoms with Crippen LogP contribution in [0.2, 0.25) is 0 Å². The molecule has 1 heterocycles. The van der Waals surface area contributed by atoms with E-state index >= 15 is 0 Å². The van der Waals surface area contributed by atoms with Crippen LogP contribution in [0, 0.1) is 6.92 Å². The minimum atomic E-state index is 0.415. The molecule has 0 aliphatic carbocycles. The Labute approximate surface area is 110 Å². The van der Waals surface area contributed by atoms with Crippen molar-refractivity contribution in [3.05, 3.63) is 29.3 Å². The van der Waals surface area contributed by atoms with Crippen molar-refractivity contribution >= 4 is 5.69 Å². The highest BCUT2D eigenvalue weighted by Crippen LogP contribution is 2.31. The van der Waals surface area contributed by atoms with Crippen molar-refractivity contribution in [3.63, 3.8) is 0 Å². The van der Waals surface area contributed by atoms with Crippen molar-refractivity contribution in [1.82, 2.24) is 5.32 Å². The Balaban J connectivity index is 2.31. The van der Waals surface area contributed by atoms with Crippen LogP contribution in [0.25, 0.3) is 0 Å². The third kappa shape index (κ3) is 2.68. The summed E-state index contributed by atoms with van der Waals surface area (Å²) in [7, 11) is 0. The van der Waals surface area contributed by atoms with E-state index in [1.165, 1.54) is 16.8 Å². The van der Waals surface area contributed by atoms with E-state index in [4.69, 9.17) is 5.73 Å². The predicted octanol–water partition coefficient (Wildman–Crippen LogP) is 1.86. The lowest BCUT2D eigenvalue weighted by atomic mass is 9.96. The Morgan fingerprint density at radius 3 is 2.89 bits per heavy atom. The zero-order chi connectivity index (χ0) is 13.1. The van der Waals surface area contributed by atoms with Crippen LogP contribution in [0.4, 0.5) is 5.69 Å². The molecule has 1 unspecified atom stereocenters. The highest BCUT2D eigenvalue weighted by Gasteiger charge is 2.22. The Kier molecular flexibility index (Phi) is 4.25. The molecule has 3 heteroatoms. The fourth-order valence-electron chi connectivity index (χ4n) is 2.77. The molecule has 0 aromatic heterocycles. The van der Waals surface area contributed by atoms with E-state index in [9.17, 15) is 0 Å². The van der Waals surface area contributed by atoms with Crippen molar-refractivity contribution in [2.45, 2.75) is 32.7 Å². The van der Waals surface area contributed by atoms with Gasteiger partial charge in [-0.25, -0.2) is 0 Å². The van der Waals surface area contributed by atoms with Gasteiger partial charge in [-0.1, -0.05) is 32.0 Å². The van der Waals surface area contributed by atoms with E-state index in [2.05, 4.69) is 49.2 Å². The summed E-state index contributed by atoms with van der Waals surface area (Å²) in [5, 5.41) is 3.47. The Hall–Kier alpha value is -1.06. The average Bonchev–Trinajstić information content (AvgIpc) is 2.38. The number of hydrogen-bond donors (Lipinski definition) is 2. The van der Waals surface area contributed by atoms with Crippen molar-refractivity contribution in [2.75, 3.05) is 31.1 Å². The fourth-order valence-corrected chi connectivity index (χ4v) is 2.77. The Bertz CT molecular complexity index is 401. The van der Waals surface area contributed by atoms with Gasteiger partial charge in [0.25, 0.3) is 0 Å². The summed E-state index contributed by atoms with van der Waals surface area (Å²) in [5.74, 6) is 0.561. The zero-order valence-corrected chi connectivity index (χ0v) is 11.7. The minimum absolute atomic E-state index is 0.415. The highest BCUT2D eigenvalue weighted by molar-refractivity contribution is 5.61. The fraction of sp³-hybridized carbons (Fsp3) is 0.600. The summed E-state index contributed by atoms with van der Waals surface area (Å²) in [6, 6.07) is 7.04. The second-order valence-corrected chi connectivity index (χ2v) is 5.50. The van der Waals surface area contributed by atoms with Gasteiger partial charge in [0.1, 0.15) is 0 Å². The first-order valence-electron chi connectivity index (χ1n) is 6.91. The molecule has 0 saturated carbocycles. The molecular formula is C15H25N3. The van der Waals surface area contributed by atoms with Crippen LogP contribution in [-0.2, 0) is 0 Å². The first-order chi connectivity index (χ1) is 8.63. The van der Waals surface area contributed by atoms with Crippen LogP contribution >= 0.6 is 0 Å². The van der Waals surface area contributed by atoms with Gasteiger partial charge < -0.3 is 16.0 Å². The largest absolute Gasteiger partial charge is 0.368 e. The molecule has 1 atom stereocenters. The van der Waals surface area contributed by atoms with Crippen LogP contribution in [0.1, 0.15) is 30.9 Å². The van der Waals surface area contributed by atoms with E-state index < -0.39 is 0 Å². The predicted molar refractivity (Wildman–Crippen MR) is 78.3 cm³/mol. The molecule has 1 aliphatic rings. The number of rotatable bonds is 3. The Morgan fingerprint density at radius 2 is 2.22 bits per heavy atom. The van der Waals surface area contributed by atoms with Crippen LogP contribution in [0.15, 0.2) is 18.2 Å². The summed E-state index contributed by atoms with van der Waals surface area (Å²) in [4.78, 5) is 2.50. The third-order valence-corrected chi connectivity index (χ3v) is 3.75. The van der Waals surface area contributed by atoms with E-state index in [1.54, 1.807) is 0 Å². The molecule has 0 bridgehead atoms. The van der Waals surface area contributed by atoms with Gasteiger partial charge in [0.2, 0.25) is 0 Å². The molecular weight excluding hydrogens is 222 g/mol. The lowest BCUT2D eigenvalue weighted by Gasteiger charge is -2.37. The lowest BCUT2D eigenvalue weighted by Crippen LogP contribution is -2.54. The molecule has 0 spiro atoms. The monoisotopic (exact) mass is 247 g/mol. The highest BCUT2D eigenvalue weighted by atomic mass is 15.2. The van der Waals surface area contributed by atoms with Gasteiger partial charge in [0.05, 0.1) is 0 Å². The van der Waals surface area contributed by atoms with Gasteiger partial charge in [-0.15, -0.1) is 0 Å². The molecule has 1 aromatic rings.